The molecule has 1 atom stereocenters. The SMILES string of the molecule is Nc1ccccc1C(CC(=O)O)C(=O)O. The first-order chi connectivity index (χ1) is 7.02. The number of nitrogens with two attached hydrogens (primary N) is 1. The molecule has 15 heavy (non-hydrogen) atoms. The Hall–Kier alpha value is -2.04. The molecule has 0 radical (unpaired) electrons. The van der Waals surface area contributed by atoms with Crippen LogP contribution in [0.5, 0.6) is 0 Å². The third kappa shape index (κ3) is 2.70. The van der Waals surface area contributed by atoms with Gasteiger partial charge in [0.1, 0.15) is 0 Å². The molecule has 5 nitrogen and oxygen atoms in total. The second-order valence-corrected chi connectivity index (χ2v) is 3.12. The number of aliphatic carboxylic acids is 2. The molecule has 1 rings (SSSR count). The smallest absolute Gasteiger partial charge is 0.311 e. The number of nitrogen functional groups attached to an aromatic ring is 1. The molecule has 1 aromatic carbocycles. The van der Waals surface area contributed by atoms with Gasteiger partial charge >= 0.3 is 11.9 Å². The lowest BCUT2D eigenvalue weighted by molar-refractivity contribution is -0.145. The van der Waals surface area contributed by atoms with Gasteiger partial charge in [0.2, 0.25) is 0 Å². The number of carboxylic acids is 2. The molecule has 0 amide bonds. The van der Waals surface area contributed by atoms with E-state index in [-0.39, 0.29) is 0 Å². The summed E-state index contributed by atoms with van der Waals surface area (Å²) in [6, 6.07) is 6.37. The lowest BCUT2D eigenvalue weighted by atomic mass is 9.94. The highest BCUT2D eigenvalue weighted by Crippen LogP contribution is 2.25. The van der Waals surface area contributed by atoms with Crippen molar-refractivity contribution in [3.8, 4) is 0 Å². The van der Waals surface area contributed by atoms with Crippen LogP contribution in [0.1, 0.15) is 17.9 Å². The molecule has 0 aliphatic heterocycles. The van der Waals surface area contributed by atoms with Crippen molar-refractivity contribution in [3.63, 3.8) is 0 Å². The van der Waals surface area contributed by atoms with Crippen LogP contribution in [-0.4, -0.2) is 22.2 Å². The van der Waals surface area contributed by atoms with Crippen LogP contribution in [0, 0.1) is 0 Å². The number of benzene rings is 1. The lowest BCUT2D eigenvalue weighted by Gasteiger charge is -2.12. The Bertz CT molecular complexity index is 389. The lowest BCUT2D eigenvalue weighted by Crippen LogP contribution is -2.17. The molecule has 0 aromatic heterocycles. The van der Waals surface area contributed by atoms with Crippen LogP contribution in [0.4, 0.5) is 5.69 Å². The van der Waals surface area contributed by atoms with E-state index in [1.165, 1.54) is 6.07 Å². The van der Waals surface area contributed by atoms with Gasteiger partial charge in [-0.15, -0.1) is 0 Å². The fourth-order valence-corrected chi connectivity index (χ4v) is 1.33. The maximum atomic E-state index is 10.9. The Morgan fingerprint density at radius 2 is 1.87 bits per heavy atom. The van der Waals surface area contributed by atoms with Gasteiger partial charge in [-0.05, 0) is 11.6 Å². The molecule has 0 saturated heterocycles. The van der Waals surface area contributed by atoms with E-state index in [0.29, 0.717) is 11.3 Å². The van der Waals surface area contributed by atoms with Crippen LogP contribution in [0.2, 0.25) is 0 Å². The molecule has 4 N–H and O–H groups in total. The summed E-state index contributed by atoms with van der Waals surface area (Å²) in [5.41, 5.74) is 6.22. The predicted octanol–water partition coefficient (Wildman–Crippen LogP) is 0.912. The summed E-state index contributed by atoms with van der Waals surface area (Å²) in [6.45, 7) is 0. The predicted molar refractivity (Wildman–Crippen MR) is 53.5 cm³/mol. The minimum atomic E-state index is -1.18. The number of hydrogen-bond donors (Lipinski definition) is 3. The Kier molecular flexibility index (Phi) is 3.28. The van der Waals surface area contributed by atoms with Crippen molar-refractivity contribution < 1.29 is 19.8 Å². The van der Waals surface area contributed by atoms with E-state index in [0.717, 1.165) is 0 Å². The summed E-state index contributed by atoms with van der Waals surface area (Å²) < 4.78 is 0. The second kappa shape index (κ2) is 4.45. The first kappa shape index (κ1) is 11.0. The average molecular weight is 209 g/mol. The van der Waals surface area contributed by atoms with Gasteiger partial charge in [0.05, 0.1) is 12.3 Å². The van der Waals surface area contributed by atoms with Gasteiger partial charge in [-0.25, -0.2) is 0 Å². The van der Waals surface area contributed by atoms with Crippen molar-refractivity contribution in [2.75, 3.05) is 5.73 Å². The van der Waals surface area contributed by atoms with Crippen molar-refractivity contribution in [2.24, 2.45) is 0 Å². The third-order valence-corrected chi connectivity index (χ3v) is 2.05. The van der Waals surface area contributed by atoms with Crippen molar-refractivity contribution >= 4 is 17.6 Å². The molecule has 0 heterocycles. The highest BCUT2D eigenvalue weighted by Gasteiger charge is 2.24. The highest BCUT2D eigenvalue weighted by atomic mass is 16.4. The Labute approximate surface area is 86.1 Å². The van der Waals surface area contributed by atoms with Gasteiger partial charge in [0.25, 0.3) is 0 Å². The first-order valence-corrected chi connectivity index (χ1v) is 4.31. The van der Waals surface area contributed by atoms with E-state index >= 15 is 0 Å². The molecular formula is C10H11NO4. The van der Waals surface area contributed by atoms with Crippen LogP contribution in [-0.2, 0) is 9.59 Å². The monoisotopic (exact) mass is 209 g/mol. The summed E-state index contributed by atoms with van der Waals surface area (Å²) in [4.78, 5) is 21.4. The van der Waals surface area contributed by atoms with Gasteiger partial charge in [-0.3, -0.25) is 9.59 Å². The zero-order valence-corrected chi connectivity index (χ0v) is 7.88. The zero-order valence-electron chi connectivity index (χ0n) is 7.88. The topological polar surface area (TPSA) is 101 Å². The fourth-order valence-electron chi connectivity index (χ4n) is 1.33. The highest BCUT2D eigenvalue weighted by molar-refractivity contribution is 5.84. The van der Waals surface area contributed by atoms with Crippen LogP contribution in [0.15, 0.2) is 24.3 Å². The van der Waals surface area contributed by atoms with E-state index in [1.807, 2.05) is 0 Å². The van der Waals surface area contributed by atoms with Crippen molar-refractivity contribution in [2.45, 2.75) is 12.3 Å². The van der Waals surface area contributed by atoms with Crippen LogP contribution in [0.25, 0.3) is 0 Å². The third-order valence-electron chi connectivity index (χ3n) is 2.05. The Morgan fingerprint density at radius 3 is 2.33 bits per heavy atom. The number of carbonyl (C=O) groups is 2. The van der Waals surface area contributed by atoms with E-state index in [2.05, 4.69) is 0 Å². The van der Waals surface area contributed by atoms with Gasteiger partial charge in [-0.2, -0.15) is 0 Å². The van der Waals surface area contributed by atoms with E-state index in [4.69, 9.17) is 15.9 Å². The number of carboxylic acid groups (broad SMARTS) is 2. The van der Waals surface area contributed by atoms with Gasteiger partial charge < -0.3 is 15.9 Å². The van der Waals surface area contributed by atoms with Crippen LogP contribution in [0.3, 0.4) is 0 Å². The largest absolute Gasteiger partial charge is 0.481 e. The quantitative estimate of drug-likeness (QED) is 0.640. The fraction of sp³-hybridized carbons (Fsp3) is 0.200. The van der Waals surface area contributed by atoms with Crippen LogP contribution < -0.4 is 5.73 Å². The molecule has 0 aliphatic carbocycles. The maximum absolute atomic E-state index is 10.9. The summed E-state index contributed by atoms with van der Waals surface area (Å²) in [6.07, 6.45) is -0.469. The molecule has 0 fully saturated rings. The summed E-state index contributed by atoms with van der Waals surface area (Å²) in [5.74, 6) is -3.44. The molecule has 0 spiro atoms. The maximum Gasteiger partial charge on any atom is 0.311 e. The molecular weight excluding hydrogens is 198 g/mol. The van der Waals surface area contributed by atoms with Gasteiger partial charge in [0.15, 0.2) is 0 Å². The second-order valence-electron chi connectivity index (χ2n) is 3.12. The molecule has 5 heteroatoms. The molecule has 1 aromatic rings. The minimum Gasteiger partial charge on any atom is -0.481 e. The number of anilines is 1. The molecule has 0 saturated carbocycles. The van der Waals surface area contributed by atoms with Crippen molar-refractivity contribution in [3.05, 3.63) is 29.8 Å². The van der Waals surface area contributed by atoms with Crippen LogP contribution >= 0.6 is 0 Å². The molecule has 80 valence electrons. The Balaban J connectivity index is 3.04. The zero-order chi connectivity index (χ0) is 11.4. The van der Waals surface area contributed by atoms with E-state index in [1.54, 1.807) is 18.2 Å². The summed E-state index contributed by atoms with van der Waals surface area (Å²) >= 11 is 0. The van der Waals surface area contributed by atoms with Gasteiger partial charge in [-0.1, -0.05) is 18.2 Å². The standard InChI is InChI=1S/C10H11NO4/c11-8-4-2-1-3-6(8)7(10(14)15)5-9(12)13/h1-4,7H,5,11H2,(H,12,13)(H,14,15). The van der Waals surface area contributed by atoms with Crippen molar-refractivity contribution in [1.29, 1.82) is 0 Å². The summed E-state index contributed by atoms with van der Waals surface area (Å²) in [7, 11) is 0. The Morgan fingerprint density at radius 1 is 1.27 bits per heavy atom. The number of para-hydroxylation sites is 1. The van der Waals surface area contributed by atoms with Crippen molar-refractivity contribution in [1.82, 2.24) is 0 Å². The summed E-state index contributed by atoms with van der Waals surface area (Å²) in [5, 5.41) is 17.5. The molecule has 0 aliphatic rings. The molecule has 0 bridgehead atoms. The number of rotatable bonds is 4. The van der Waals surface area contributed by atoms with E-state index < -0.39 is 24.3 Å². The number of hydrogen-bond acceptors (Lipinski definition) is 3. The average Bonchev–Trinajstić information content (AvgIpc) is 2.15. The normalized spacial score (nSPS) is 12.0. The molecule has 1 unspecified atom stereocenters. The van der Waals surface area contributed by atoms with Gasteiger partial charge in [0, 0.05) is 5.69 Å². The first-order valence-electron chi connectivity index (χ1n) is 4.31. The minimum absolute atomic E-state index is 0.297. The van der Waals surface area contributed by atoms with E-state index in [9.17, 15) is 9.59 Å².